The summed E-state index contributed by atoms with van der Waals surface area (Å²) >= 11 is 0. The lowest BCUT2D eigenvalue weighted by atomic mass is 10.1. The van der Waals surface area contributed by atoms with Crippen LogP contribution in [-0.4, -0.2) is 34.4 Å². The minimum Gasteiger partial charge on any atom is -0.497 e. The lowest BCUT2D eigenvalue weighted by Crippen LogP contribution is -2.16. The van der Waals surface area contributed by atoms with Crippen molar-refractivity contribution >= 4 is 5.91 Å². The molecule has 0 bridgehead atoms. The molecule has 1 heterocycles. The number of nitrogens with zero attached hydrogens (tertiary/aromatic N) is 3. The van der Waals surface area contributed by atoms with Crippen molar-refractivity contribution in [2.45, 2.75) is 34.1 Å². The Morgan fingerprint density at radius 3 is 2.33 bits per heavy atom. The number of carbonyl (C=O) groups is 1. The average Bonchev–Trinajstić information content (AvgIpc) is 2.97. The van der Waals surface area contributed by atoms with Crippen molar-refractivity contribution in [1.29, 1.82) is 0 Å². The maximum atomic E-state index is 12.5. The highest BCUT2D eigenvalue weighted by atomic mass is 16.5. The Kier molecular flexibility index (Phi) is 5.95. The van der Waals surface area contributed by atoms with Gasteiger partial charge in [0.2, 0.25) is 5.91 Å². The molecular formula is C18H25N3O3. The first-order valence-electron chi connectivity index (χ1n) is 8.18. The van der Waals surface area contributed by atoms with Crippen LogP contribution in [0.1, 0.15) is 38.9 Å². The summed E-state index contributed by atoms with van der Waals surface area (Å²) in [5, 5.41) is 4.26. The topological polar surface area (TPSA) is 66.2 Å². The van der Waals surface area contributed by atoms with Crippen LogP contribution in [0.2, 0.25) is 0 Å². The molecule has 0 radical (unpaired) electrons. The molecule has 0 amide bonds. The first kappa shape index (κ1) is 18.0. The zero-order valence-electron chi connectivity index (χ0n) is 14.9. The molecule has 0 saturated carbocycles. The fraction of sp³-hybridized carbons (Fsp3) is 0.500. The van der Waals surface area contributed by atoms with E-state index in [1.807, 2.05) is 52.0 Å². The van der Waals surface area contributed by atoms with Crippen LogP contribution < -0.4 is 9.47 Å². The SMILES string of the molecule is COc1ccc(-c2nc(OCC(C)C)nn2C(=O)CC(C)C)cc1. The number of rotatable bonds is 7. The fourth-order valence-electron chi connectivity index (χ4n) is 2.13. The number of hydrogen-bond acceptors (Lipinski definition) is 5. The zero-order valence-corrected chi connectivity index (χ0v) is 14.9. The van der Waals surface area contributed by atoms with E-state index in [4.69, 9.17) is 9.47 Å². The summed E-state index contributed by atoms with van der Waals surface area (Å²) in [5.74, 6) is 1.73. The molecule has 0 aliphatic rings. The second-order valence-electron chi connectivity index (χ2n) is 6.55. The van der Waals surface area contributed by atoms with Crippen molar-refractivity contribution in [3.8, 4) is 23.1 Å². The molecule has 0 saturated heterocycles. The smallest absolute Gasteiger partial charge is 0.336 e. The lowest BCUT2D eigenvalue weighted by Gasteiger charge is -2.07. The normalized spacial score (nSPS) is 11.1. The molecule has 0 aliphatic carbocycles. The van der Waals surface area contributed by atoms with E-state index in [1.54, 1.807) is 7.11 Å². The molecule has 2 rings (SSSR count). The Balaban J connectivity index is 2.36. The maximum absolute atomic E-state index is 12.5. The van der Waals surface area contributed by atoms with Crippen molar-refractivity contribution in [3.05, 3.63) is 24.3 Å². The van der Waals surface area contributed by atoms with Gasteiger partial charge in [-0.2, -0.15) is 9.67 Å². The highest BCUT2D eigenvalue weighted by Crippen LogP contribution is 2.23. The van der Waals surface area contributed by atoms with Crippen molar-refractivity contribution < 1.29 is 14.3 Å². The number of aromatic nitrogens is 3. The van der Waals surface area contributed by atoms with Gasteiger partial charge in [0.25, 0.3) is 0 Å². The monoisotopic (exact) mass is 331 g/mol. The summed E-state index contributed by atoms with van der Waals surface area (Å²) in [6.45, 7) is 8.59. The molecule has 0 unspecified atom stereocenters. The molecule has 6 heteroatoms. The molecule has 24 heavy (non-hydrogen) atoms. The predicted molar refractivity (Wildman–Crippen MR) is 92.4 cm³/mol. The second-order valence-corrected chi connectivity index (χ2v) is 6.55. The van der Waals surface area contributed by atoms with E-state index in [-0.39, 0.29) is 17.8 Å². The van der Waals surface area contributed by atoms with Crippen LogP contribution in [-0.2, 0) is 0 Å². The highest BCUT2D eigenvalue weighted by Gasteiger charge is 2.19. The molecule has 0 fully saturated rings. The molecule has 1 aromatic heterocycles. The van der Waals surface area contributed by atoms with Crippen LogP contribution in [0.4, 0.5) is 0 Å². The Morgan fingerprint density at radius 2 is 1.79 bits per heavy atom. The molecular weight excluding hydrogens is 306 g/mol. The van der Waals surface area contributed by atoms with Gasteiger partial charge >= 0.3 is 6.01 Å². The van der Waals surface area contributed by atoms with Gasteiger partial charge in [0.05, 0.1) is 13.7 Å². The van der Waals surface area contributed by atoms with Crippen molar-refractivity contribution in [1.82, 2.24) is 14.8 Å². The van der Waals surface area contributed by atoms with Gasteiger partial charge in [-0.15, -0.1) is 5.10 Å². The Labute approximate surface area is 142 Å². The standard InChI is InChI=1S/C18H25N3O3/c1-12(2)10-16(22)21-17(14-6-8-15(23-5)9-7-14)19-18(20-21)24-11-13(3)4/h6-9,12-13H,10-11H2,1-5H3. The van der Waals surface area contributed by atoms with E-state index in [0.717, 1.165) is 11.3 Å². The molecule has 0 aliphatic heterocycles. The summed E-state index contributed by atoms with van der Waals surface area (Å²) in [7, 11) is 1.61. The fourth-order valence-corrected chi connectivity index (χ4v) is 2.13. The number of benzene rings is 1. The highest BCUT2D eigenvalue weighted by molar-refractivity contribution is 5.82. The third kappa shape index (κ3) is 4.57. The van der Waals surface area contributed by atoms with Crippen LogP contribution >= 0.6 is 0 Å². The van der Waals surface area contributed by atoms with Gasteiger partial charge in [-0.3, -0.25) is 4.79 Å². The molecule has 2 aromatic rings. The van der Waals surface area contributed by atoms with Crippen LogP contribution in [0.5, 0.6) is 11.8 Å². The van der Waals surface area contributed by atoms with E-state index in [9.17, 15) is 4.79 Å². The van der Waals surface area contributed by atoms with Crippen molar-refractivity contribution in [2.24, 2.45) is 11.8 Å². The Hall–Kier alpha value is -2.37. The van der Waals surface area contributed by atoms with E-state index in [2.05, 4.69) is 10.1 Å². The van der Waals surface area contributed by atoms with Gasteiger partial charge in [0.15, 0.2) is 5.82 Å². The van der Waals surface area contributed by atoms with Gasteiger partial charge in [-0.25, -0.2) is 0 Å². The molecule has 1 aromatic carbocycles. The van der Waals surface area contributed by atoms with Gasteiger partial charge in [0, 0.05) is 12.0 Å². The van der Waals surface area contributed by atoms with E-state index >= 15 is 0 Å². The van der Waals surface area contributed by atoms with Gasteiger partial charge in [-0.1, -0.05) is 27.7 Å². The van der Waals surface area contributed by atoms with E-state index < -0.39 is 0 Å². The lowest BCUT2D eigenvalue weighted by molar-refractivity contribution is 0.0870. The summed E-state index contributed by atoms with van der Waals surface area (Å²) in [4.78, 5) is 16.9. The second kappa shape index (κ2) is 7.95. The minimum atomic E-state index is -0.0947. The molecule has 0 N–H and O–H groups in total. The molecule has 0 spiro atoms. The van der Waals surface area contributed by atoms with Crippen LogP contribution in [0.15, 0.2) is 24.3 Å². The van der Waals surface area contributed by atoms with Crippen molar-refractivity contribution in [3.63, 3.8) is 0 Å². The summed E-state index contributed by atoms with van der Waals surface area (Å²) < 4.78 is 12.1. The number of methoxy groups -OCH3 is 1. The number of carbonyl (C=O) groups excluding carboxylic acids is 1. The van der Waals surface area contributed by atoms with Gasteiger partial charge in [-0.05, 0) is 36.1 Å². The third-order valence-electron chi connectivity index (χ3n) is 3.30. The Bertz CT molecular complexity index is 675. The minimum absolute atomic E-state index is 0.0947. The average molecular weight is 331 g/mol. The molecule has 130 valence electrons. The zero-order chi connectivity index (χ0) is 17.7. The van der Waals surface area contributed by atoms with Crippen LogP contribution in [0, 0.1) is 11.8 Å². The van der Waals surface area contributed by atoms with Gasteiger partial charge < -0.3 is 9.47 Å². The number of hydrogen-bond donors (Lipinski definition) is 0. The predicted octanol–water partition coefficient (Wildman–Crippen LogP) is 3.67. The first-order valence-corrected chi connectivity index (χ1v) is 8.18. The maximum Gasteiger partial charge on any atom is 0.336 e. The third-order valence-corrected chi connectivity index (χ3v) is 3.30. The summed E-state index contributed by atoms with van der Waals surface area (Å²) in [6.07, 6.45) is 0.399. The largest absolute Gasteiger partial charge is 0.497 e. The van der Waals surface area contributed by atoms with E-state index in [0.29, 0.717) is 24.8 Å². The van der Waals surface area contributed by atoms with Gasteiger partial charge in [0.1, 0.15) is 5.75 Å². The molecule has 6 nitrogen and oxygen atoms in total. The summed E-state index contributed by atoms with van der Waals surface area (Å²) in [5.41, 5.74) is 0.791. The van der Waals surface area contributed by atoms with Crippen LogP contribution in [0.3, 0.4) is 0 Å². The quantitative estimate of drug-likeness (QED) is 0.774. The Morgan fingerprint density at radius 1 is 1.12 bits per heavy atom. The number of ether oxygens (including phenoxy) is 2. The van der Waals surface area contributed by atoms with Crippen molar-refractivity contribution in [2.75, 3.05) is 13.7 Å². The van der Waals surface area contributed by atoms with Crippen LogP contribution in [0.25, 0.3) is 11.4 Å². The molecule has 0 atom stereocenters. The van der Waals surface area contributed by atoms with E-state index in [1.165, 1.54) is 4.68 Å². The first-order chi connectivity index (χ1) is 11.4. The summed E-state index contributed by atoms with van der Waals surface area (Å²) in [6, 6.07) is 7.60.